The van der Waals surface area contributed by atoms with E-state index in [9.17, 15) is 30.0 Å². The number of hydrogen-bond donors (Lipinski definition) is 2. The Labute approximate surface area is 233 Å². The molecule has 9 nitrogen and oxygen atoms in total. The highest BCUT2D eigenvalue weighted by Gasteiger charge is 2.39. The number of piperazine rings is 1. The van der Waals surface area contributed by atoms with Crippen LogP contribution in [-0.2, 0) is 38.0 Å². The SMILES string of the molecule is CCc1cc(N2C[C@H]3C[C@@H]2CN3)ccc1Nc1ncc(C(F)(F)F)c(-c2cc3c(s2)CS(=O)(=O)CCS3(=O)=O)n1. The lowest BCUT2D eigenvalue weighted by molar-refractivity contribution is -0.137. The summed E-state index contributed by atoms with van der Waals surface area (Å²) in [6.07, 6.45) is -2.40. The Morgan fingerprint density at radius 2 is 1.98 bits per heavy atom. The van der Waals surface area contributed by atoms with Crippen molar-refractivity contribution in [1.82, 2.24) is 15.3 Å². The third-order valence-electron chi connectivity index (χ3n) is 7.55. The maximum atomic E-state index is 14.0. The molecular formula is C25H26F3N5O4S3. The summed E-state index contributed by atoms with van der Waals surface area (Å²) in [5, 5.41) is 6.51. The van der Waals surface area contributed by atoms with Gasteiger partial charge in [-0.25, -0.2) is 26.8 Å². The second-order valence-corrected chi connectivity index (χ2v) is 15.6. The number of alkyl halides is 3. The van der Waals surface area contributed by atoms with E-state index in [0.29, 0.717) is 41.7 Å². The molecule has 2 N–H and O–H groups in total. The molecule has 2 atom stereocenters. The van der Waals surface area contributed by atoms with Crippen molar-refractivity contribution in [2.45, 2.75) is 48.7 Å². The first-order chi connectivity index (χ1) is 18.8. The Morgan fingerprint density at radius 1 is 1.18 bits per heavy atom. The van der Waals surface area contributed by atoms with Crippen LogP contribution in [0.3, 0.4) is 0 Å². The number of aryl methyl sites for hydroxylation is 1. The van der Waals surface area contributed by atoms with E-state index >= 15 is 0 Å². The van der Waals surface area contributed by atoms with Crippen LogP contribution >= 0.6 is 11.3 Å². The Hall–Kier alpha value is -2.75. The van der Waals surface area contributed by atoms with Gasteiger partial charge in [-0.2, -0.15) is 13.2 Å². The minimum Gasteiger partial charge on any atom is -0.366 e. The minimum absolute atomic E-state index is 0.0107. The minimum atomic E-state index is -4.82. The molecule has 2 saturated heterocycles. The predicted octanol–water partition coefficient (Wildman–Crippen LogP) is 3.78. The van der Waals surface area contributed by atoms with Crippen LogP contribution in [0.4, 0.5) is 30.5 Å². The van der Waals surface area contributed by atoms with Crippen molar-refractivity contribution in [2.75, 3.05) is 34.8 Å². The van der Waals surface area contributed by atoms with Gasteiger partial charge >= 0.3 is 6.18 Å². The summed E-state index contributed by atoms with van der Waals surface area (Å²) in [7, 11) is -7.71. The van der Waals surface area contributed by atoms with Crippen LogP contribution in [0, 0.1) is 0 Å². The zero-order valence-electron chi connectivity index (χ0n) is 21.3. The van der Waals surface area contributed by atoms with Gasteiger partial charge in [-0.3, -0.25) is 0 Å². The molecule has 0 radical (unpaired) electrons. The summed E-state index contributed by atoms with van der Waals surface area (Å²) in [6, 6.07) is 7.91. The van der Waals surface area contributed by atoms with Crippen LogP contribution in [0.1, 0.15) is 29.3 Å². The fourth-order valence-electron chi connectivity index (χ4n) is 5.52. The Bertz CT molecular complexity index is 1710. The van der Waals surface area contributed by atoms with Crippen molar-refractivity contribution in [3.63, 3.8) is 0 Å². The van der Waals surface area contributed by atoms with E-state index in [4.69, 9.17) is 0 Å². The smallest absolute Gasteiger partial charge is 0.366 e. The van der Waals surface area contributed by atoms with Gasteiger partial charge in [-0.1, -0.05) is 6.92 Å². The lowest BCUT2D eigenvalue weighted by atomic mass is 10.1. The number of hydrogen-bond acceptors (Lipinski definition) is 10. The van der Waals surface area contributed by atoms with Gasteiger partial charge in [-0.15, -0.1) is 11.3 Å². The van der Waals surface area contributed by atoms with Crippen LogP contribution in [0.15, 0.2) is 35.4 Å². The van der Waals surface area contributed by atoms with Crippen molar-refractivity contribution in [2.24, 2.45) is 0 Å². The first-order valence-electron chi connectivity index (χ1n) is 12.7. The fraction of sp³-hybridized carbons (Fsp3) is 0.440. The van der Waals surface area contributed by atoms with Crippen molar-refractivity contribution in [3.05, 3.63) is 46.5 Å². The summed E-state index contributed by atoms with van der Waals surface area (Å²) in [6.45, 7) is 3.84. The molecule has 0 spiro atoms. The zero-order chi connectivity index (χ0) is 28.4. The van der Waals surface area contributed by atoms with E-state index in [1.165, 1.54) is 0 Å². The summed E-state index contributed by atoms with van der Waals surface area (Å²) in [5.41, 5.74) is 1.03. The first-order valence-corrected chi connectivity index (χ1v) is 17.0. The molecule has 6 rings (SSSR count). The van der Waals surface area contributed by atoms with Crippen LogP contribution in [0.2, 0.25) is 0 Å². The first kappa shape index (κ1) is 27.4. The highest BCUT2D eigenvalue weighted by Crippen LogP contribution is 2.42. The number of rotatable bonds is 5. The second-order valence-electron chi connectivity index (χ2n) is 10.2. The molecule has 3 aromatic rings. The van der Waals surface area contributed by atoms with Crippen LogP contribution in [-0.4, -0.2) is 63.5 Å². The average Bonchev–Trinajstić information content (AvgIpc) is 3.62. The largest absolute Gasteiger partial charge is 0.420 e. The van der Waals surface area contributed by atoms with Crippen LogP contribution in [0.5, 0.6) is 0 Å². The van der Waals surface area contributed by atoms with Gasteiger partial charge in [0.25, 0.3) is 0 Å². The third kappa shape index (κ3) is 5.08. The molecule has 3 aliphatic rings. The van der Waals surface area contributed by atoms with Gasteiger partial charge in [-0.05, 0) is 42.7 Å². The molecule has 214 valence electrons. The Balaban J connectivity index is 1.37. The van der Waals surface area contributed by atoms with Crippen LogP contribution in [0.25, 0.3) is 10.6 Å². The predicted molar refractivity (Wildman–Crippen MR) is 147 cm³/mol. The fourth-order valence-corrected chi connectivity index (χ4v) is 11.3. The van der Waals surface area contributed by atoms with E-state index in [-0.39, 0.29) is 20.6 Å². The van der Waals surface area contributed by atoms with E-state index in [0.717, 1.165) is 36.8 Å². The molecule has 0 amide bonds. The quantitative estimate of drug-likeness (QED) is 0.443. The number of nitrogens with zero attached hydrogens (tertiary/aromatic N) is 3. The van der Waals surface area contributed by atoms with Gasteiger partial charge in [0.1, 0.15) is 5.56 Å². The van der Waals surface area contributed by atoms with Crippen molar-refractivity contribution in [3.8, 4) is 10.6 Å². The summed E-state index contributed by atoms with van der Waals surface area (Å²) in [4.78, 5) is 10.1. The lowest BCUT2D eigenvalue weighted by Gasteiger charge is -2.30. The molecule has 0 aliphatic carbocycles. The molecule has 0 unspecified atom stereocenters. The standard InChI is InChI=1S/C25H26F3N5O4S3/c1-2-14-7-16(33-12-15-8-17(33)10-29-15)3-4-19(14)31-24-30-11-18(25(26,27)28)23(32-24)20-9-22-21(38-20)13-39(34,35)5-6-40(22,36)37/h3-4,7,9,11,15,17,29H,2,5-6,8,10,12-13H2,1H3,(H,30,31,32)/t15-,17-/m1/s1. The molecule has 2 aromatic heterocycles. The molecule has 1 aromatic carbocycles. The summed E-state index contributed by atoms with van der Waals surface area (Å²) in [5.74, 6) is -1.79. The van der Waals surface area contributed by atoms with Gasteiger partial charge < -0.3 is 15.5 Å². The highest BCUT2D eigenvalue weighted by atomic mass is 32.2. The van der Waals surface area contributed by atoms with E-state index in [2.05, 4.69) is 31.6 Å². The Kier molecular flexibility index (Phi) is 6.63. The molecule has 3 aliphatic heterocycles. The number of sulfone groups is 2. The van der Waals surface area contributed by atoms with Crippen molar-refractivity contribution in [1.29, 1.82) is 0 Å². The van der Waals surface area contributed by atoms with E-state index in [1.807, 2.05) is 19.1 Å². The third-order valence-corrected chi connectivity index (χ3v) is 12.6. The van der Waals surface area contributed by atoms with Gasteiger partial charge in [0.05, 0.1) is 32.7 Å². The number of halogens is 3. The monoisotopic (exact) mass is 613 g/mol. The second kappa shape index (κ2) is 9.67. The van der Waals surface area contributed by atoms with Crippen molar-refractivity contribution < 1.29 is 30.0 Å². The molecule has 40 heavy (non-hydrogen) atoms. The van der Waals surface area contributed by atoms with E-state index in [1.54, 1.807) is 0 Å². The van der Waals surface area contributed by atoms with Gasteiger partial charge in [0.15, 0.2) is 19.7 Å². The molecule has 15 heteroatoms. The maximum Gasteiger partial charge on any atom is 0.420 e. The van der Waals surface area contributed by atoms with E-state index < -0.39 is 54.4 Å². The van der Waals surface area contributed by atoms with Crippen molar-refractivity contribution >= 4 is 48.3 Å². The summed E-state index contributed by atoms with van der Waals surface area (Å²) >= 11 is 0.694. The lowest BCUT2D eigenvalue weighted by Crippen LogP contribution is -2.43. The normalized spacial score (nSPS) is 23.1. The highest BCUT2D eigenvalue weighted by molar-refractivity contribution is 7.95. The Morgan fingerprint density at radius 3 is 2.65 bits per heavy atom. The zero-order valence-corrected chi connectivity index (χ0v) is 23.8. The number of nitrogens with one attached hydrogen (secondary N) is 2. The number of fused-ring (bicyclic) bond motifs is 3. The maximum absolute atomic E-state index is 14.0. The number of thiophene rings is 1. The van der Waals surface area contributed by atoms with Gasteiger partial charge in [0, 0.05) is 47.6 Å². The van der Waals surface area contributed by atoms with Gasteiger partial charge in [0.2, 0.25) is 5.95 Å². The number of aromatic nitrogens is 2. The molecule has 2 bridgehead atoms. The topological polar surface area (TPSA) is 121 Å². The van der Waals surface area contributed by atoms with Crippen LogP contribution < -0.4 is 15.5 Å². The average molecular weight is 614 g/mol. The summed E-state index contributed by atoms with van der Waals surface area (Å²) < 4.78 is 91.9. The molecular weight excluding hydrogens is 588 g/mol. The molecule has 0 saturated carbocycles. The number of anilines is 3. The number of benzene rings is 1. The molecule has 5 heterocycles. The molecule has 2 fully saturated rings.